The van der Waals surface area contributed by atoms with Crippen molar-refractivity contribution in [3.8, 4) is 0 Å². The van der Waals surface area contributed by atoms with Gasteiger partial charge in [-0.25, -0.2) is 8.42 Å². The lowest BCUT2D eigenvalue weighted by atomic mass is 10.1. The summed E-state index contributed by atoms with van der Waals surface area (Å²) in [4.78, 5) is 10.7. The van der Waals surface area contributed by atoms with E-state index in [1.807, 2.05) is 13.0 Å². The summed E-state index contributed by atoms with van der Waals surface area (Å²) in [7, 11) is -3.95. The van der Waals surface area contributed by atoms with E-state index in [2.05, 4.69) is 10.0 Å². The minimum atomic E-state index is -3.95. The van der Waals surface area contributed by atoms with Crippen LogP contribution in [0.25, 0.3) is 0 Å². The third-order valence-electron chi connectivity index (χ3n) is 4.31. The number of sulfonamides is 1. The number of benzene rings is 2. The van der Waals surface area contributed by atoms with Crippen LogP contribution < -0.4 is 10.0 Å². The van der Waals surface area contributed by atoms with Gasteiger partial charge < -0.3 is 9.73 Å². The maximum absolute atomic E-state index is 12.6. The standard InChI is InChI=1S/C20H21N3O5S/c1-15(9-10-17-8-5-13-28-17)21-19-12-11-18(14-20(19)23(24)25)29(26,27)22-16-6-3-2-4-7-16/h2-8,11-15,21-22H,9-10H2,1H3/t15-/m0/s1. The number of hydrogen-bond acceptors (Lipinski definition) is 6. The Morgan fingerprint density at radius 1 is 1.10 bits per heavy atom. The van der Waals surface area contributed by atoms with Crippen LogP contribution in [0.2, 0.25) is 0 Å². The van der Waals surface area contributed by atoms with E-state index in [9.17, 15) is 18.5 Å². The van der Waals surface area contributed by atoms with Gasteiger partial charge in [0.1, 0.15) is 11.4 Å². The average molecular weight is 415 g/mol. The second-order valence-corrected chi connectivity index (χ2v) is 8.25. The number of nitrogens with zero attached hydrogens (tertiary/aromatic N) is 1. The van der Waals surface area contributed by atoms with Crippen LogP contribution in [0.5, 0.6) is 0 Å². The molecule has 0 aliphatic rings. The van der Waals surface area contributed by atoms with Crippen molar-refractivity contribution in [1.29, 1.82) is 0 Å². The van der Waals surface area contributed by atoms with Crippen LogP contribution in [0.4, 0.5) is 17.1 Å². The van der Waals surface area contributed by atoms with Crippen LogP contribution in [0.1, 0.15) is 19.1 Å². The molecule has 0 aliphatic heterocycles. The smallest absolute Gasteiger partial charge is 0.293 e. The van der Waals surface area contributed by atoms with E-state index in [1.54, 1.807) is 42.7 Å². The number of rotatable bonds is 9. The van der Waals surface area contributed by atoms with Crippen LogP contribution in [-0.4, -0.2) is 19.4 Å². The first-order valence-electron chi connectivity index (χ1n) is 9.00. The fraction of sp³-hybridized carbons (Fsp3) is 0.200. The molecule has 1 heterocycles. The Bertz CT molecular complexity index is 1070. The molecule has 29 heavy (non-hydrogen) atoms. The van der Waals surface area contributed by atoms with Crippen LogP contribution >= 0.6 is 0 Å². The summed E-state index contributed by atoms with van der Waals surface area (Å²) in [6.07, 6.45) is 2.98. The van der Waals surface area contributed by atoms with Gasteiger partial charge in [-0.1, -0.05) is 18.2 Å². The van der Waals surface area contributed by atoms with E-state index in [0.29, 0.717) is 18.5 Å². The third kappa shape index (κ3) is 5.35. The van der Waals surface area contributed by atoms with Gasteiger partial charge in [-0.3, -0.25) is 14.8 Å². The molecule has 1 aromatic heterocycles. The van der Waals surface area contributed by atoms with Gasteiger partial charge in [-0.15, -0.1) is 0 Å². The molecule has 0 saturated carbocycles. The predicted octanol–water partition coefficient (Wildman–Crippen LogP) is 4.42. The zero-order valence-corrected chi connectivity index (χ0v) is 16.6. The molecule has 3 rings (SSSR count). The van der Waals surface area contributed by atoms with Gasteiger partial charge in [0.05, 0.1) is 16.1 Å². The molecule has 0 saturated heterocycles. The molecule has 152 valence electrons. The number of nitrogens with one attached hydrogen (secondary N) is 2. The molecule has 2 aromatic carbocycles. The van der Waals surface area contributed by atoms with Gasteiger partial charge in [0, 0.05) is 24.2 Å². The van der Waals surface area contributed by atoms with Gasteiger partial charge in [0.2, 0.25) is 0 Å². The fourth-order valence-electron chi connectivity index (χ4n) is 2.82. The van der Waals surface area contributed by atoms with Crippen molar-refractivity contribution in [2.24, 2.45) is 0 Å². The van der Waals surface area contributed by atoms with Crippen LogP contribution in [-0.2, 0) is 16.4 Å². The average Bonchev–Trinajstić information content (AvgIpc) is 3.20. The molecule has 2 N–H and O–H groups in total. The lowest BCUT2D eigenvalue weighted by molar-refractivity contribution is -0.384. The van der Waals surface area contributed by atoms with Gasteiger partial charge >= 0.3 is 0 Å². The quantitative estimate of drug-likeness (QED) is 0.395. The highest BCUT2D eigenvalue weighted by atomic mass is 32.2. The lowest BCUT2D eigenvalue weighted by Gasteiger charge is -2.15. The van der Waals surface area contributed by atoms with Gasteiger partial charge in [0.15, 0.2) is 0 Å². The van der Waals surface area contributed by atoms with Crippen LogP contribution in [0, 0.1) is 10.1 Å². The van der Waals surface area contributed by atoms with Crippen molar-refractivity contribution in [2.45, 2.75) is 30.7 Å². The van der Waals surface area contributed by atoms with E-state index in [4.69, 9.17) is 4.42 Å². The molecule has 8 nitrogen and oxygen atoms in total. The number of nitro benzene ring substituents is 1. The Hall–Kier alpha value is -3.33. The van der Waals surface area contributed by atoms with E-state index >= 15 is 0 Å². The Labute approximate surface area is 168 Å². The van der Waals surface area contributed by atoms with Crippen molar-refractivity contribution in [2.75, 3.05) is 10.0 Å². The maximum Gasteiger partial charge on any atom is 0.293 e. The molecule has 0 bridgehead atoms. The fourth-order valence-corrected chi connectivity index (χ4v) is 3.90. The summed E-state index contributed by atoms with van der Waals surface area (Å²) < 4.78 is 32.9. The molecule has 0 fully saturated rings. The monoisotopic (exact) mass is 415 g/mol. The van der Waals surface area contributed by atoms with Crippen molar-refractivity contribution >= 4 is 27.1 Å². The molecular formula is C20H21N3O5S. The largest absolute Gasteiger partial charge is 0.469 e. The number of aryl methyl sites for hydroxylation is 1. The summed E-state index contributed by atoms with van der Waals surface area (Å²) in [5, 5.41) is 14.6. The summed E-state index contributed by atoms with van der Waals surface area (Å²) in [5.41, 5.74) is 0.343. The van der Waals surface area contributed by atoms with E-state index < -0.39 is 14.9 Å². The zero-order chi connectivity index (χ0) is 20.9. The Balaban J connectivity index is 1.76. The molecule has 1 atom stereocenters. The topological polar surface area (TPSA) is 114 Å². The van der Waals surface area contributed by atoms with Crippen molar-refractivity contribution < 1.29 is 17.8 Å². The molecule has 0 spiro atoms. The number of furan rings is 1. The van der Waals surface area contributed by atoms with E-state index in [1.165, 1.54) is 12.1 Å². The normalized spacial score (nSPS) is 12.3. The second-order valence-electron chi connectivity index (χ2n) is 6.57. The van der Waals surface area contributed by atoms with Gasteiger partial charge in [-0.2, -0.15) is 0 Å². The first kappa shape index (κ1) is 20.4. The summed E-state index contributed by atoms with van der Waals surface area (Å²) >= 11 is 0. The van der Waals surface area contributed by atoms with E-state index in [-0.39, 0.29) is 22.3 Å². The minimum Gasteiger partial charge on any atom is -0.469 e. The Morgan fingerprint density at radius 3 is 2.52 bits per heavy atom. The van der Waals surface area contributed by atoms with Crippen LogP contribution in [0.3, 0.4) is 0 Å². The first-order chi connectivity index (χ1) is 13.8. The van der Waals surface area contributed by atoms with E-state index in [0.717, 1.165) is 11.8 Å². The second kappa shape index (κ2) is 8.78. The zero-order valence-electron chi connectivity index (χ0n) is 15.7. The third-order valence-corrected chi connectivity index (χ3v) is 5.69. The number of anilines is 2. The maximum atomic E-state index is 12.6. The molecule has 0 unspecified atom stereocenters. The molecule has 0 radical (unpaired) electrons. The number of nitro groups is 1. The van der Waals surface area contributed by atoms with Gasteiger partial charge in [0.25, 0.3) is 15.7 Å². The van der Waals surface area contributed by atoms with Crippen molar-refractivity contribution in [3.63, 3.8) is 0 Å². The summed E-state index contributed by atoms with van der Waals surface area (Å²) in [6, 6.07) is 15.8. The molecule has 3 aromatic rings. The molecular weight excluding hydrogens is 394 g/mol. The van der Waals surface area contributed by atoms with Crippen molar-refractivity contribution in [3.05, 3.63) is 82.8 Å². The van der Waals surface area contributed by atoms with Gasteiger partial charge in [-0.05, 0) is 49.7 Å². The first-order valence-corrected chi connectivity index (χ1v) is 10.5. The Kier molecular flexibility index (Phi) is 6.18. The highest BCUT2D eigenvalue weighted by Crippen LogP contribution is 2.29. The lowest BCUT2D eigenvalue weighted by Crippen LogP contribution is -2.18. The van der Waals surface area contributed by atoms with Crippen LogP contribution in [0.15, 0.2) is 76.2 Å². The highest BCUT2D eigenvalue weighted by molar-refractivity contribution is 7.92. The molecule has 9 heteroatoms. The Morgan fingerprint density at radius 2 is 1.86 bits per heavy atom. The number of para-hydroxylation sites is 1. The summed E-state index contributed by atoms with van der Waals surface area (Å²) in [6.45, 7) is 1.90. The minimum absolute atomic E-state index is 0.0799. The SMILES string of the molecule is C[C@@H](CCc1ccco1)Nc1ccc(S(=O)(=O)Nc2ccccc2)cc1[N+](=O)[O-]. The molecule has 0 aliphatic carbocycles. The van der Waals surface area contributed by atoms with Crippen molar-refractivity contribution in [1.82, 2.24) is 0 Å². The highest BCUT2D eigenvalue weighted by Gasteiger charge is 2.22. The predicted molar refractivity (Wildman–Crippen MR) is 110 cm³/mol. The number of hydrogen-bond donors (Lipinski definition) is 2. The summed E-state index contributed by atoms with van der Waals surface area (Å²) in [5.74, 6) is 0.835. The molecule has 0 amide bonds.